The number of carbonyl (C=O) groups is 2. The van der Waals surface area contributed by atoms with Crippen molar-refractivity contribution >= 4 is 46.1 Å². The molecule has 0 atom stereocenters. The molecular weight excluding hydrogens is 400 g/mol. The molecule has 1 amide bonds. The van der Waals surface area contributed by atoms with Gasteiger partial charge < -0.3 is 10.1 Å². The van der Waals surface area contributed by atoms with Crippen LogP contribution in [0, 0.1) is 0 Å². The molecular formula is C19H18N2O3S3. The lowest BCUT2D eigenvalue weighted by Crippen LogP contribution is -2.24. The number of methoxy groups -OCH3 is 1. The van der Waals surface area contributed by atoms with Crippen molar-refractivity contribution in [2.45, 2.75) is 17.3 Å². The van der Waals surface area contributed by atoms with Gasteiger partial charge in [-0.15, -0.1) is 22.7 Å². The Hall–Kier alpha value is -2.16. The van der Waals surface area contributed by atoms with E-state index < -0.39 is 0 Å². The van der Waals surface area contributed by atoms with E-state index in [2.05, 4.69) is 10.3 Å². The fourth-order valence-electron chi connectivity index (χ4n) is 2.28. The Morgan fingerprint density at radius 2 is 2.11 bits per heavy atom. The summed E-state index contributed by atoms with van der Waals surface area (Å²) in [7, 11) is 1.61. The van der Waals surface area contributed by atoms with Crippen molar-refractivity contribution in [3.05, 3.63) is 63.3 Å². The zero-order valence-corrected chi connectivity index (χ0v) is 17.1. The summed E-state index contributed by atoms with van der Waals surface area (Å²) in [6.07, 6.45) is 0.222. The minimum atomic E-state index is -0.0886. The molecule has 3 rings (SSSR count). The van der Waals surface area contributed by atoms with Gasteiger partial charge >= 0.3 is 0 Å². The average molecular weight is 419 g/mol. The largest absolute Gasteiger partial charge is 0.497 e. The maximum Gasteiger partial charge on any atom is 0.226 e. The quantitative estimate of drug-likeness (QED) is 0.419. The van der Waals surface area contributed by atoms with Crippen molar-refractivity contribution in [2.24, 2.45) is 0 Å². The summed E-state index contributed by atoms with van der Waals surface area (Å²) in [5, 5.41) is 6.64. The van der Waals surface area contributed by atoms with Crippen molar-refractivity contribution in [1.29, 1.82) is 0 Å². The predicted molar refractivity (Wildman–Crippen MR) is 110 cm³/mol. The molecule has 1 aromatic carbocycles. The SMILES string of the molecule is COc1cccc(CNC(=O)Cc2csc(SCC(=O)c3cccs3)n2)c1. The van der Waals surface area contributed by atoms with Gasteiger partial charge in [0.15, 0.2) is 10.1 Å². The van der Waals surface area contributed by atoms with Gasteiger partial charge in [-0.1, -0.05) is 30.0 Å². The number of rotatable bonds is 9. The number of hydrogen-bond acceptors (Lipinski definition) is 7. The number of ketones is 1. The molecule has 0 saturated heterocycles. The second-order valence-corrected chi connectivity index (χ2v) is 8.63. The summed E-state index contributed by atoms with van der Waals surface area (Å²) < 4.78 is 5.98. The number of nitrogens with zero attached hydrogens (tertiary/aromatic N) is 1. The lowest BCUT2D eigenvalue weighted by molar-refractivity contribution is -0.120. The van der Waals surface area contributed by atoms with Crippen LogP contribution in [0.25, 0.3) is 0 Å². The molecule has 0 aliphatic heterocycles. The molecule has 2 heterocycles. The van der Waals surface area contributed by atoms with E-state index in [-0.39, 0.29) is 18.1 Å². The molecule has 0 spiro atoms. The third-order valence-corrected chi connectivity index (χ3v) is 6.60. The van der Waals surface area contributed by atoms with Gasteiger partial charge in [-0.25, -0.2) is 4.98 Å². The van der Waals surface area contributed by atoms with Crippen LogP contribution in [-0.2, 0) is 17.8 Å². The summed E-state index contributed by atoms with van der Waals surface area (Å²) in [5.74, 6) is 1.13. The van der Waals surface area contributed by atoms with Crippen molar-refractivity contribution < 1.29 is 14.3 Å². The summed E-state index contributed by atoms with van der Waals surface area (Å²) in [5.41, 5.74) is 1.69. The molecule has 3 aromatic rings. The first-order chi connectivity index (χ1) is 13.1. The third kappa shape index (κ3) is 5.92. The summed E-state index contributed by atoms with van der Waals surface area (Å²) >= 11 is 4.31. The highest BCUT2D eigenvalue weighted by Crippen LogP contribution is 2.24. The Labute approximate surface area is 169 Å². The molecule has 27 heavy (non-hydrogen) atoms. The van der Waals surface area contributed by atoms with Crippen LogP contribution in [0.5, 0.6) is 5.75 Å². The summed E-state index contributed by atoms with van der Waals surface area (Å²) in [6.45, 7) is 0.442. The number of ether oxygens (including phenoxy) is 1. The number of hydrogen-bond donors (Lipinski definition) is 1. The number of benzene rings is 1. The van der Waals surface area contributed by atoms with Crippen LogP contribution in [0.4, 0.5) is 0 Å². The normalized spacial score (nSPS) is 10.6. The number of nitrogens with one attached hydrogen (secondary N) is 1. The highest BCUT2D eigenvalue weighted by Gasteiger charge is 2.11. The Bertz CT molecular complexity index is 907. The van der Waals surface area contributed by atoms with Crippen molar-refractivity contribution in [1.82, 2.24) is 10.3 Å². The highest BCUT2D eigenvalue weighted by atomic mass is 32.2. The highest BCUT2D eigenvalue weighted by molar-refractivity contribution is 8.01. The molecule has 0 aliphatic carbocycles. The van der Waals surface area contributed by atoms with Crippen LogP contribution in [0.15, 0.2) is 51.5 Å². The molecule has 140 valence electrons. The minimum Gasteiger partial charge on any atom is -0.497 e. The zero-order chi connectivity index (χ0) is 19.1. The van der Waals surface area contributed by atoms with E-state index in [1.165, 1.54) is 34.4 Å². The van der Waals surface area contributed by atoms with Gasteiger partial charge in [-0.05, 0) is 29.1 Å². The van der Waals surface area contributed by atoms with Crippen molar-refractivity contribution in [3.63, 3.8) is 0 Å². The van der Waals surface area contributed by atoms with Crippen molar-refractivity contribution in [2.75, 3.05) is 12.9 Å². The lowest BCUT2D eigenvalue weighted by atomic mass is 10.2. The van der Waals surface area contributed by atoms with Crippen LogP contribution >= 0.6 is 34.4 Å². The number of amides is 1. The number of aromatic nitrogens is 1. The topological polar surface area (TPSA) is 68.3 Å². The number of thiazole rings is 1. The Balaban J connectivity index is 1.45. The molecule has 0 radical (unpaired) electrons. The molecule has 5 nitrogen and oxygen atoms in total. The molecule has 8 heteroatoms. The lowest BCUT2D eigenvalue weighted by Gasteiger charge is -2.06. The van der Waals surface area contributed by atoms with E-state index in [4.69, 9.17) is 4.74 Å². The van der Waals surface area contributed by atoms with E-state index in [1.54, 1.807) is 7.11 Å². The second kappa shape index (κ2) is 9.68. The van der Waals surface area contributed by atoms with E-state index in [1.807, 2.05) is 47.2 Å². The fraction of sp³-hybridized carbons (Fsp3) is 0.211. The molecule has 2 aromatic heterocycles. The Morgan fingerprint density at radius 1 is 1.22 bits per heavy atom. The van der Waals surface area contributed by atoms with Crippen LogP contribution < -0.4 is 10.1 Å². The first-order valence-corrected chi connectivity index (χ1v) is 10.9. The van der Waals surface area contributed by atoms with Crippen LogP contribution in [0.3, 0.4) is 0 Å². The number of thioether (sulfide) groups is 1. The van der Waals surface area contributed by atoms with Crippen molar-refractivity contribution in [3.8, 4) is 5.75 Å². The van der Waals surface area contributed by atoms with Gasteiger partial charge in [0.1, 0.15) is 5.75 Å². The Morgan fingerprint density at radius 3 is 2.89 bits per heavy atom. The van der Waals surface area contributed by atoms with E-state index >= 15 is 0 Å². The second-order valence-electron chi connectivity index (χ2n) is 5.60. The average Bonchev–Trinajstić information content (AvgIpc) is 3.37. The summed E-state index contributed by atoms with van der Waals surface area (Å²) in [4.78, 5) is 29.4. The monoisotopic (exact) mass is 418 g/mol. The smallest absolute Gasteiger partial charge is 0.226 e. The summed E-state index contributed by atoms with van der Waals surface area (Å²) in [6, 6.07) is 11.3. The minimum absolute atomic E-state index is 0.0886. The molecule has 1 N–H and O–H groups in total. The van der Waals surface area contributed by atoms with Gasteiger partial charge in [-0.2, -0.15) is 0 Å². The van der Waals surface area contributed by atoms with E-state index in [0.717, 1.165) is 20.5 Å². The van der Waals surface area contributed by atoms with Gasteiger partial charge in [0.25, 0.3) is 0 Å². The fourth-order valence-corrected chi connectivity index (χ4v) is 4.77. The number of carbonyl (C=O) groups excluding carboxylic acids is 2. The first kappa shape index (κ1) is 19.6. The Kier molecular flexibility index (Phi) is 7.03. The van der Waals surface area contributed by atoms with Gasteiger partial charge in [0.05, 0.1) is 29.9 Å². The van der Waals surface area contributed by atoms with E-state index in [0.29, 0.717) is 18.0 Å². The predicted octanol–water partition coefficient (Wildman–Crippen LogP) is 4.05. The number of thiophene rings is 1. The first-order valence-electron chi connectivity index (χ1n) is 8.17. The molecule has 0 unspecified atom stereocenters. The van der Waals surface area contributed by atoms with Crippen LogP contribution in [-0.4, -0.2) is 29.5 Å². The maximum absolute atomic E-state index is 12.1. The standard InChI is InChI=1S/C19H18N2O3S3/c1-24-15-5-2-4-13(8-15)10-20-18(23)9-14-11-26-19(21-14)27-12-16(22)17-6-3-7-25-17/h2-8,11H,9-10,12H2,1H3,(H,20,23). The molecule has 0 fully saturated rings. The third-order valence-electron chi connectivity index (χ3n) is 3.62. The van der Waals surface area contributed by atoms with E-state index in [9.17, 15) is 9.59 Å². The van der Waals surface area contributed by atoms with Gasteiger partial charge in [0.2, 0.25) is 5.91 Å². The van der Waals surface area contributed by atoms with Crippen LogP contribution in [0.2, 0.25) is 0 Å². The van der Waals surface area contributed by atoms with Crippen LogP contribution in [0.1, 0.15) is 20.9 Å². The maximum atomic E-state index is 12.1. The molecule has 0 bridgehead atoms. The molecule has 0 aliphatic rings. The van der Waals surface area contributed by atoms with Gasteiger partial charge in [0, 0.05) is 11.9 Å². The zero-order valence-electron chi connectivity index (χ0n) is 14.6. The molecule has 0 saturated carbocycles. The number of Topliss-reactive ketones (excluding diaryl/α,β-unsaturated/α-hetero) is 1. The van der Waals surface area contributed by atoms with Gasteiger partial charge in [-0.3, -0.25) is 9.59 Å².